The number of carbonyl (C=O) groups is 1. The Hall–Kier alpha value is -1.42. The molecule has 4 heteroatoms. The predicted molar refractivity (Wildman–Crippen MR) is 67.4 cm³/mol. The lowest BCUT2D eigenvalue weighted by molar-refractivity contribution is -0.143. The molecule has 96 valence electrons. The van der Waals surface area contributed by atoms with Crippen molar-refractivity contribution in [1.82, 2.24) is 9.88 Å². The van der Waals surface area contributed by atoms with Crippen LogP contribution in [0.25, 0.3) is 0 Å². The Morgan fingerprint density at radius 3 is 2.72 bits per heavy atom. The van der Waals surface area contributed by atoms with Crippen molar-refractivity contribution < 1.29 is 9.90 Å². The van der Waals surface area contributed by atoms with E-state index in [0.29, 0.717) is 5.92 Å². The van der Waals surface area contributed by atoms with Gasteiger partial charge in [-0.1, -0.05) is 6.07 Å². The Kier molecular flexibility index (Phi) is 3.04. The number of aromatic nitrogens is 1. The maximum atomic E-state index is 11.6. The lowest BCUT2D eigenvalue weighted by Gasteiger charge is -2.25. The third kappa shape index (κ3) is 2.12. The fraction of sp³-hybridized carbons (Fsp3) is 0.571. The summed E-state index contributed by atoms with van der Waals surface area (Å²) in [6.45, 7) is 1.77. The van der Waals surface area contributed by atoms with Crippen LogP contribution in [-0.4, -0.2) is 34.0 Å². The van der Waals surface area contributed by atoms with E-state index in [9.17, 15) is 9.90 Å². The summed E-state index contributed by atoms with van der Waals surface area (Å²) < 4.78 is 0. The van der Waals surface area contributed by atoms with Crippen LogP contribution in [0.2, 0.25) is 0 Å². The summed E-state index contributed by atoms with van der Waals surface area (Å²) >= 11 is 0. The monoisotopic (exact) mass is 246 g/mol. The second-order valence-corrected chi connectivity index (χ2v) is 5.24. The molecule has 1 saturated carbocycles. The topological polar surface area (TPSA) is 53.4 Å². The van der Waals surface area contributed by atoms with E-state index >= 15 is 0 Å². The van der Waals surface area contributed by atoms with Gasteiger partial charge in [0.05, 0.1) is 0 Å². The molecule has 1 aliphatic heterocycles. The van der Waals surface area contributed by atoms with Crippen molar-refractivity contribution in [3.63, 3.8) is 0 Å². The highest BCUT2D eigenvalue weighted by Gasteiger charge is 2.35. The van der Waals surface area contributed by atoms with Gasteiger partial charge in [0.15, 0.2) is 0 Å². The maximum Gasteiger partial charge on any atom is 0.325 e. The minimum Gasteiger partial charge on any atom is -0.480 e. The van der Waals surface area contributed by atoms with Crippen LogP contribution in [-0.2, 0) is 4.79 Å². The molecule has 0 aromatic carbocycles. The minimum atomic E-state index is -0.744. The number of aliphatic carboxylic acids is 1. The van der Waals surface area contributed by atoms with Crippen molar-refractivity contribution in [1.29, 1.82) is 0 Å². The van der Waals surface area contributed by atoms with Crippen LogP contribution in [0.3, 0.4) is 0 Å². The van der Waals surface area contributed by atoms with Crippen molar-refractivity contribution in [2.75, 3.05) is 13.1 Å². The lowest BCUT2D eigenvalue weighted by Crippen LogP contribution is -2.32. The Balaban J connectivity index is 1.96. The number of pyridine rings is 1. The standard InChI is InChI=1S/C14H18N2O2/c17-14(18)13(16-8-1-2-9-16)11-4-3-7-15-12(11)10-5-6-10/h3-4,7,10,13H,1-2,5-6,8-9H2,(H,17,18). The summed E-state index contributed by atoms with van der Waals surface area (Å²) in [5, 5.41) is 9.54. The van der Waals surface area contributed by atoms with Gasteiger partial charge < -0.3 is 5.11 Å². The summed E-state index contributed by atoms with van der Waals surface area (Å²) in [5.41, 5.74) is 1.92. The van der Waals surface area contributed by atoms with Crippen molar-refractivity contribution in [2.45, 2.75) is 37.6 Å². The largest absolute Gasteiger partial charge is 0.480 e. The van der Waals surface area contributed by atoms with E-state index in [4.69, 9.17) is 0 Å². The second kappa shape index (κ2) is 4.69. The van der Waals surface area contributed by atoms with Crippen LogP contribution < -0.4 is 0 Å². The molecule has 18 heavy (non-hydrogen) atoms. The zero-order valence-corrected chi connectivity index (χ0v) is 10.4. The molecule has 4 nitrogen and oxygen atoms in total. The Morgan fingerprint density at radius 1 is 1.39 bits per heavy atom. The third-order valence-corrected chi connectivity index (χ3v) is 3.87. The lowest BCUT2D eigenvalue weighted by atomic mass is 10.0. The molecule has 1 saturated heterocycles. The van der Waals surface area contributed by atoms with Crippen LogP contribution in [0, 0.1) is 0 Å². The van der Waals surface area contributed by atoms with Gasteiger partial charge in [-0.15, -0.1) is 0 Å². The Bertz CT molecular complexity index is 451. The fourth-order valence-corrected chi connectivity index (χ4v) is 2.84. The maximum absolute atomic E-state index is 11.6. The van der Waals surface area contributed by atoms with E-state index < -0.39 is 12.0 Å². The molecular formula is C14H18N2O2. The van der Waals surface area contributed by atoms with E-state index in [0.717, 1.165) is 50.0 Å². The summed E-state index contributed by atoms with van der Waals surface area (Å²) in [4.78, 5) is 18.1. The number of hydrogen-bond acceptors (Lipinski definition) is 3. The van der Waals surface area contributed by atoms with Crippen LogP contribution in [0.5, 0.6) is 0 Å². The molecule has 1 atom stereocenters. The molecule has 2 aliphatic rings. The first-order chi connectivity index (χ1) is 8.77. The molecule has 1 aromatic rings. The van der Waals surface area contributed by atoms with Gasteiger partial charge in [0.1, 0.15) is 6.04 Å². The zero-order valence-electron chi connectivity index (χ0n) is 10.4. The highest BCUT2D eigenvalue weighted by atomic mass is 16.4. The highest BCUT2D eigenvalue weighted by Crippen LogP contribution is 2.42. The van der Waals surface area contributed by atoms with Gasteiger partial charge in [-0.3, -0.25) is 14.7 Å². The average Bonchev–Trinajstić information content (AvgIpc) is 3.07. The van der Waals surface area contributed by atoms with Gasteiger partial charge in [0.25, 0.3) is 0 Å². The zero-order chi connectivity index (χ0) is 12.5. The molecular weight excluding hydrogens is 228 g/mol. The number of hydrogen-bond donors (Lipinski definition) is 1. The Labute approximate surface area is 107 Å². The first-order valence-electron chi connectivity index (χ1n) is 6.69. The van der Waals surface area contributed by atoms with Gasteiger partial charge in [-0.2, -0.15) is 0 Å². The van der Waals surface area contributed by atoms with Crippen LogP contribution >= 0.6 is 0 Å². The number of likely N-dealkylation sites (tertiary alicyclic amines) is 1. The second-order valence-electron chi connectivity index (χ2n) is 5.24. The summed E-state index contributed by atoms with van der Waals surface area (Å²) in [7, 11) is 0. The number of carboxylic acids is 1. The van der Waals surface area contributed by atoms with Gasteiger partial charge in [0, 0.05) is 23.4 Å². The summed E-state index contributed by atoms with van der Waals surface area (Å²) in [6.07, 6.45) is 6.28. The molecule has 3 rings (SSSR count). The van der Waals surface area contributed by atoms with Crippen molar-refractivity contribution in [3.8, 4) is 0 Å². The van der Waals surface area contributed by atoms with Gasteiger partial charge >= 0.3 is 5.97 Å². The normalized spacial score (nSPS) is 22.0. The van der Waals surface area contributed by atoms with Gasteiger partial charge in [0.2, 0.25) is 0 Å². The van der Waals surface area contributed by atoms with Crippen molar-refractivity contribution in [3.05, 3.63) is 29.6 Å². The molecule has 0 bridgehead atoms. The predicted octanol–water partition coefficient (Wildman–Crippen LogP) is 2.18. The molecule has 1 unspecified atom stereocenters. The quantitative estimate of drug-likeness (QED) is 0.884. The smallest absolute Gasteiger partial charge is 0.325 e. The van der Waals surface area contributed by atoms with E-state index in [-0.39, 0.29) is 0 Å². The van der Waals surface area contributed by atoms with E-state index in [2.05, 4.69) is 9.88 Å². The SMILES string of the molecule is O=C(O)C(c1cccnc1C1CC1)N1CCCC1. The van der Waals surface area contributed by atoms with Crippen molar-refractivity contribution in [2.24, 2.45) is 0 Å². The van der Waals surface area contributed by atoms with E-state index in [1.807, 2.05) is 12.1 Å². The van der Waals surface area contributed by atoms with Crippen LogP contribution in [0.4, 0.5) is 0 Å². The van der Waals surface area contributed by atoms with E-state index in [1.54, 1.807) is 6.20 Å². The number of carboxylic acid groups (broad SMARTS) is 1. The first kappa shape index (κ1) is 11.7. The third-order valence-electron chi connectivity index (χ3n) is 3.87. The Morgan fingerprint density at radius 2 is 2.11 bits per heavy atom. The van der Waals surface area contributed by atoms with Crippen molar-refractivity contribution >= 4 is 5.97 Å². The number of nitrogens with zero attached hydrogens (tertiary/aromatic N) is 2. The summed E-state index contributed by atoms with van der Waals surface area (Å²) in [5.74, 6) is -0.252. The minimum absolute atomic E-state index is 0.491. The van der Waals surface area contributed by atoms with Crippen LogP contribution in [0.15, 0.2) is 18.3 Å². The molecule has 2 heterocycles. The van der Waals surface area contributed by atoms with E-state index in [1.165, 1.54) is 0 Å². The molecule has 0 radical (unpaired) electrons. The molecule has 0 spiro atoms. The van der Waals surface area contributed by atoms with Crippen LogP contribution in [0.1, 0.15) is 48.9 Å². The molecule has 1 aliphatic carbocycles. The van der Waals surface area contributed by atoms with Gasteiger partial charge in [-0.05, 0) is 44.8 Å². The summed E-state index contributed by atoms with van der Waals surface area (Å²) in [6, 6.07) is 3.29. The molecule has 0 amide bonds. The average molecular weight is 246 g/mol. The number of rotatable bonds is 4. The van der Waals surface area contributed by atoms with Gasteiger partial charge in [-0.25, -0.2) is 0 Å². The molecule has 1 N–H and O–H groups in total. The first-order valence-corrected chi connectivity index (χ1v) is 6.69. The molecule has 1 aromatic heterocycles. The highest BCUT2D eigenvalue weighted by molar-refractivity contribution is 5.76. The fourth-order valence-electron chi connectivity index (χ4n) is 2.84. The molecule has 2 fully saturated rings.